The second-order valence-electron chi connectivity index (χ2n) is 7.53. The SMILES string of the molecule is COc1ccc(Br)c(CC2(N)CCCCC2C(C)(C)C)c1. The van der Waals surface area contributed by atoms with E-state index in [2.05, 4.69) is 48.8 Å². The standard InChI is InChI=1S/C18H28BrNO/c1-17(2,3)16-7-5-6-10-18(16,20)12-13-11-14(21-4)8-9-15(13)19/h8-9,11,16H,5-7,10,12,20H2,1-4H3. The first-order valence-electron chi connectivity index (χ1n) is 7.87. The molecule has 0 heterocycles. The fourth-order valence-electron chi connectivity index (χ4n) is 3.94. The van der Waals surface area contributed by atoms with Gasteiger partial charge in [0.1, 0.15) is 5.75 Å². The number of benzene rings is 1. The van der Waals surface area contributed by atoms with Gasteiger partial charge in [0.15, 0.2) is 0 Å². The minimum Gasteiger partial charge on any atom is -0.497 e. The predicted octanol–water partition coefficient (Wildman–Crippen LogP) is 4.93. The van der Waals surface area contributed by atoms with Crippen LogP contribution in [-0.2, 0) is 6.42 Å². The van der Waals surface area contributed by atoms with Crippen LogP contribution >= 0.6 is 15.9 Å². The average Bonchev–Trinajstić information content (AvgIpc) is 2.40. The second-order valence-corrected chi connectivity index (χ2v) is 8.39. The van der Waals surface area contributed by atoms with Gasteiger partial charge in [-0.2, -0.15) is 0 Å². The highest BCUT2D eigenvalue weighted by Crippen LogP contribution is 2.45. The van der Waals surface area contributed by atoms with Crippen molar-refractivity contribution in [3.8, 4) is 5.75 Å². The fourth-order valence-corrected chi connectivity index (χ4v) is 4.33. The molecule has 118 valence electrons. The van der Waals surface area contributed by atoms with E-state index in [1.807, 2.05) is 6.07 Å². The highest BCUT2D eigenvalue weighted by molar-refractivity contribution is 9.10. The third-order valence-corrected chi connectivity index (χ3v) is 5.67. The Morgan fingerprint density at radius 1 is 1.33 bits per heavy atom. The van der Waals surface area contributed by atoms with Crippen LogP contribution in [0.1, 0.15) is 52.0 Å². The third-order valence-electron chi connectivity index (χ3n) is 4.90. The summed E-state index contributed by atoms with van der Waals surface area (Å²) in [5.41, 5.74) is 8.31. The van der Waals surface area contributed by atoms with Crippen LogP contribution in [-0.4, -0.2) is 12.6 Å². The van der Waals surface area contributed by atoms with Gasteiger partial charge in [0.25, 0.3) is 0 Å². The van der Waals surface area contributed by atoms with Crippen molar-refractivity contribution in [3.05, 3.63) is 28.2 Å². The zero-order valence-corrected chi connectivity index (χ0v) is 15.3. The lowest BCUT2D eigenvalue weighted by molar-refractivity contribution is 0.0792. The van der Waals surface area contributed by atoms with E-state index < -0.39 is 0 Å². The van der Waals surface area contributed by atoms with Gasteiger partial charge in [-0.1, -0.05) is 49.5 Å². The van der Waals surface area contributed by atoms with E-state index in [9.17, 15) is 0 Å². The van der Waals surface area contributed by atoms with Gasteiger partial charge < -0.3 is 10.5 Å². The van der Waals surface area contributed by atoms with Crippen molar-refractivity contribution in [2.24, 2.45) is 17.1 Å². The van der Waals surface area contributed by atoms with Gasteiger partial charge in [-0.05, 0) is 54.4 Å². The number of hydrogen-bond acceptors (Lipinski definition) is 2. The molecule has 0 saturated heterocycles. The number of methoxy groups -OCH3 is 1. The molecule has 0 spiro atoms. The van der Waals surface area contributed by atoms with Crippen LogP contribution in [0.3, 0.4) is 0 Å². The third kappa shape index (κ3) is 3.81. The minimum atomic E-state index is -0.120. The van der Waals surface area contributed by atoms with Crippen molar-refractivity contribution in [3.63, 3.8) is 0 Å². The van der Waals surface area contributed by atoms with Gasteiger partial charge in [0.05, 0.1) is 7.11 Å². The van der Waals surface area contributed by atoms with Crippen molar-refractivity contribution in [1.82, 2.24) is 0 Å². The summed E-state index contributed by atoms with van der Waals surface area (Å²) in [5.74, 6) is 1.46. The van der Waals surface area contributed by atoms with Gasteiger partial charge in [-0.3, -0.25) is 0 Å². The molecule has 2 atom stereocenters. The number of halogens is 1. The highest BCUT2D eigenvalue weighted by atomic mass is 79.9. The lowest BCUT2D eigenvalue weighted by Crippen LogP contribution is -2.55. The van der Waals surface area contributed by atoms with E-state index in [1.54, 1.807) is 7.11 Å². The zero-order chi connectivity index (χ0) is 15.7. The zero-order valence-electron chi connectivity index (χ0n) is 13.7. The molecule has 3 heteroatoms. The molecular formula is C18H28BrNO. The molecule has 0 amide bonds. The normalized spacial score (nSPS) is 26.7. The molecule has 0 aliphatic heterocycles. The first-order valence-corrected chi connectivity index (χ1v) is 8.67. The first-order chi connectivity index (χ1) is 9.76. The monoisotopic (exact) mass is 353 g/mol. The van der Waals surface area contributed by atoms with E-state index in [4.69, 9.17) is 10.5 Å². The summed E-state index contributed by atoms with van der Waals surface area (Å²) < 4.78 is 6.50. The Hall–Kier alpha value is -0.540. The molecule has 1 fully saturated rings. The maximum atomic E-state index is 6.92. The topological polar surface area (TPSA) is 35.2 Å². The van der Waals surface area contributed by atoms with Gasteiger partial charge in [-0.15, -0.1) is 0 Å². The second kappa shape index (κ2) is 6.29. The van der Waals surface area contributed by atoms with Gasteiger partial charge in [0, 0.05) is 10.0 Å². The summed E-state index contributed by atoms with van der Waals surface area (Å²) in [6, 6.07) is 6.17. The molecule has 2 nitrogen and oxygen atoms in total. The quantitative estimate of drug-likeness (QED) is 0.835. The summed E-state index contributed by atoms with van der Waals surface area (Å²) in [6.45, 7) is 6.97. The number of rotatable bonds is 3. The van der Waals surface area contributed by atoms with Crippen molar-refractivity contribution in [1.29, 1.82) is 0 Å². The maximum Gasteiger partial charge on any atom is 0.119 e. The van der Waals surface area contributed by atoms with Crippen LogP contribution in [0.5, 0.6) is 5.75 Å². The van der Waals surface area contributed by atoms with E-state index in [1.165, 1.54) is 24.8 Å². The molecule has 2 N–H and O–H groups in total. The van der Waals surface area contributed by atoms with Gasteiger partial charge in [0.2, 0.25) is 0 Å². The minimum absolute atomic E-state index is 0.120. The number of hydrogen-bond donors (Lipinski definition) is 1. The Bertz CT molecular complexity index is 494. The van der Waals surface area contributed by atoms with E-state index in [-0.39, 0.29) is 11.0 Å². The van der Waals surface area contributed by atoms with Crippen molar-refractivity contribution in [2.45, 2.75) is 58.4 Å². The van der Waals surface area contributed by atoms with Crippen LogP contribution in [0.4, 0.5) is 0 Å². The van der Waals surface area contributed by atoms with Crippen LogP contribution < -0.4 is 10.5 Å². The van der Waals surface area contributed by atoms with Crippen molar-refractivity contribution >= 4 is 15.9 Å². The molecule has 1 aromatic rings. The van der Waals surface area contributed by atoms with Crippen LogP contribution in [0.25, 0.3) is 0 Å². The highest BCUT2D eigenvalue weighted by Gasteiger charge is 2.43. The Morgan fingerprint density at radius 3 is 2.67 bits per heavy atom. The molecule has 2 unspecified atom stereocenters. The number of nitrogens with two attached hydrogens (primary N) is 1. The summed E-state index contributed by atoms with van der Waals surface area (Å²) >= 11 is 3.67. The van der Waals surface area contributed by atoms with Crippen LogP contribution in [0.15, 0.2) is 22.7 Å². The first kappa shape index (κ1) is 16.8. The smallest absolute Gasteiger partial charge is 0.119 e. The van der Waals surface area contributed by atoms with E-state index >= 15 is 0 Å². The molecule has 2 rings (SSSR count). The molecule has 21 heavy (non-hydrogen) atoms. The van der Waals surface area contributed by atoms with E-state index in [0.717, 1.165) is 23.1 Å². The fraction of sp³-hybridized carbons (Fsp3) is 0.667. The molecule has 1 aliphatic rings. The Balaban J connectivity index is 2.30. The molecule has 0 radical (unpaired) electrons. The summed E-state index contributed by atoms with van der Waals surface area (Å²) in [5, 5.41) is 0. The number of ether oxygens (including phenoxy) is 1. The lowest BCUT2D eigenvalue weighted by atomic mass is 9.61. The Labute approximate surface area is 137 Å². The molecule has 1 aromatic carbocycles. The molecule has 1 saturated carbocycles. The molecule has 0 bridgehead atoms. The van der Waals surface area contributed by atoms with Gasteiger partial charge in [-0.25, -0.2) is 0 Å². The molecule has 0 aromatic heterocycles. The summed E-state index contributed by atoms with van der Waals surface area (Å²) in [4.78, 5) is 0. The Morgan fingerprint density at radius 2 is 2.05 bits per heavy atom. The van der Waals surface area contributed by atoms with Crippen molar-refractivity contribution in [2.75, 3.05) is 7.11 Å². The van der Waals surface area contributed by atoms with E-state index in [0.29, 0.717) is 5.92 Å². The Kier molecular flexibility index (Phi) is 5.04. The predicted molar refractivity (Wildman–Crippen MR) is 92.7 cm³/mol. The molecular weight excluding hydrogens is 326 g/mol. The maximum absolute atomic E-state index is 6.92. The largest absolute Gasteiger partial charge is 0.497 e. The van der Waals surface area contributed by atoms with Crippen LogP contribution in [0, 0.1) is 11.3 Å². The lowest BCUT2D eigenvalue weighted by Gasteiger charge is -2.48. The molecule has 1 aliphatic carbocycles. The van der Waals surface area contributed by atoms with Crippen LogP contribution in [0.2, 0.25) is 0 Å². The van der Waals surface area contributed by atoms with Crippen molar-refractivity contribution < 1.29 is 4.74 Å². The average molecular weight is 354 g/mol. The van der Waals surface area contributed by atoms with Gasteiger partial charge >= 0.3 is 0 Å². The summed E-state index contributed by atoms with van der Waals surface area (Å²) in [7, 11) is 1.71. The summed E-state index contributed by atoms with van der Waals surface area (Å²) in [6.07, 6.45) is 5.80.